The van der Waals surface area contributed by atoms with Crippen LogP contribution in [0, 0.1) is 18.8 Å². The zero-order chi connectivity index (χ0) is 31.7. The highest BCUT2D eigenvalue weighted by Gasteiger charge is 2.26. The first-order chi connectivity index (χ1) is 23.1. The molecule has 0 N–H and O–H groups in total. The van der Waals surface area contributed by atoms with Gasteiger partial charge in [0.2, 0.25) is 0 Å². The highest BCUT2D eigenvalue weighted by Crippen LogP contribution is 2.42. The standard InChI is InChI=1S/C46H41N/c1-32-14-16-35(17-15-32)42-28-43(30-44(29-42)38-11-6-10-37(26-38)33-8-4-3-5-9-33)36-22-24-45(25-23-36)47(2)46-13-7-12-39(31-46)41-21-19-34-18-20-40(34)27-41/h3-17,19,21-25,27-29,31,38,44H,18,20,26,30H2,1-2H3. The molecule has 2 unspecified atom stereocenters. The number of anilines is 2. The van der Waals surface area contributed by atoms with Crippen molar-refractivity contribution in [2.24, 2.45) is 11.8 Å². The zero-order valence-corrected chi connectivity index (χ0v) is 27.4. The van der Waals surface area contributed by atoms with Crippen LogP contribution in [0.2, 0.25) is 0 Å². The van der Waals surface area contributed by atoms with Crippen molar-refractivity contribution >= 4 is 28.1 Å². The van der Waals surface area contributed by atoms with Crippen LogP contribution in [0.5, 0.6) is 0 Å². The van der Waals surface area contributed by atoms with Crippen molar-refractivity contribution in [1.82, 2.24) is 0 Å². The van der Waals surface area contributed by atoms with Gasteiger partial charge in [-0.15, -0.1) is 0 Å². The molecule has 2 atom stereocenters. The molecule has 1 nitrogen and oxygen atoms in total. The number of aryl methyl sites for hydroxylation is 3. The van der Waals surface area contributed by atoms with Crippen molar-refractivity contribution in [2.75, 3.05) is 11.9 Å². The summed E-state index contributed by atoms with van der Waals surface area (Å²) in [5.41, 5.74) is 17.4. The Kier molecular flexibility index (Phi) is 7.83. The summed E-state index contributed by atoms with van der Waals surface area (Å²) >= 11 is 0. The van der Waals surface area contributed by atoms with Crippen molar-refractivity contribution in [2.45, 2.75) is 32.6 Å². The normalized spacial score (nSPS) is 18.4. The van der Waals surface area contributed by atoms with E-state index in [0.29, 0.717) is 11.8 Å². The van der Waals surface area contributed by atoms with Crippen LogP contribution in [0.4, 0.5) is 11.4 Å². The molecule has 230 valence electrons. The Morgan fingerprint density at radius 1 is 0.553 bits per heavy atom. The third-order valence-corrected chi connectivity index (χ3v) is 10.4. The van der Waals surface area contributed by atoms with E-state index in [1.807, 2.05) is 0 Å². The van der Waals surface area contributed by atoms with Gasteiger partial charge in [0, 0.05) is 18.4 Å². The fourth-order valence-electron chi connectivity index (χ4n) is 7.42. The highest BCUT2D eigenvalue weighted by atomic mass is 15.1. The molecule has 0 saturated heterocycles. The van der Waals surface area contributed by atoms with Crippen molar-refractivity contribution in [3.05, 3.63) is 185 Å². The minimum atomic E-state index is 0.426. The third kappa shape index (κ3) is 6.07. The smallest absolute Gasteiger partial charge is 0.0414 e. The van der Waals surface area contributed by atoms with Gasteiger partial charge in [-0.1, -0.05) is 133 Å². The first-order valence-electron chi connectivity index (χ1n) is 17.1. The number of nitrogens with zero attached hydrogens (tertiary/aromatic N) is 1. The van der Waals surface area contributed by atoms with E-state index in [9.17, 15) is 0 Å². The molecule has 0 spiro atoms. The SMILES string of the molecule is Cc1ccc(C2=CC(C3C=CC=C(c4ccccc4)C3)CC(c3ccc(N(C)c4cccc(-c5ccc6c(c5)CC6)c4)cc3)=C2)cc1. The molecule has 0 aromatic heterocycles. The average molecular weight is 608 g/mol. The van der Waals surface area contributed by atoms with Gasteiger partial charge in [0.25, 0.3) is 0 Å². The lowest BCUT2D eigenvalue weighted by Crippen LogP contribution is -2.16. The molecule has 0 amide bonds. The Hall–Kier alpha value is -5.14. The topological polar surface area (TPSA) is 3.24 Å². The van der Waals surface area contributed by atoms with Crippen molar-refractivity contribution in [1.29, 1.82) is 0 Å². The largest absolute Gasteiger partial charge is 0.345 e. The number of hydrogen-bond donors (Lipinski definition) is 0. The summed E-state index contributed by atoms with van der Waals surface area (Å²) in [6.45, 7) is 2.16. The van der Waals surface area contributed by atoms with E-state index in [-0.39, 0.29) is 0 Å². The number of rotatable bonds is 7. The summed E-state index contributed by atoms with van der Waals surface area (Å²) < 4.78 is 0. The summed E-state index contributed by atoms with van der Waals surface area (Å²) in [5.74, 6) is 0.883. The lowest BCUT2D eigenvalue weighted by Gasteiger charge is -2.30. The van der Waals surface area contributed by atoms with Gasteiger partial charge in [0.15, 0.2) is 0 Å². The Balaban J connectivity index is 1.06. The Labute approximate surface area is 279 Å². The molecule has 0 saturated carbocycles. The fraction of sp³-hybridized carbons (Fsp3) is 0.174. The lowest BCUT2D eigenvalue weighted by molar-refractivity contribution is 0.489. The Morgan fingerprint density at radius 3 is 2.00 bits per heavy atom. The van der Waals surface area contributed by atoms with Crippen LogP contribution in [-0.4, -0.2) is 7.05 Å². The average Bonchev–Trinajstić information content (AvgIpc) is 3.12. The molecule has 0 fully saturated rings. The molecule has 0 aliphatic heterocycles. The van der Waals surface area contributed by atoms with Crippen LogP contribution in [-0.2, 0) is 12.8 Å². The van der Waals surface area contributed by atoms with E-state index in [1.165, 1.54) is 85.4 Å². The molecule has 1 heteroatoms. The quantitative estimate of drug-likeness (QED) is 0.178. The Morgan fingerprint density at radius 2 is 1.23 bits per heavy atom. The van der Waals surface area contributed by atoms with Gasteiger partial charge in [-0.25, -0.2) is 0 Å². The van der Waals surface area contributed by atoms with Crippen LogP contribution in [0.1, 0.15) is 46.2 Å². The summed E-state index contributed by atoms with van der Waals surface area (Å²) in [5, 5.41) is 0. The van der Waals surface area contributed by atoms with Gasteiger partial charge in [0.1, 0.15) is 0 Å². The van der Waals surface area contributed by atoms with Crippen LogP contribution in [0.3, 0.4) is 0 Å². The van der Waals surface area contributed by atoms with Crippen molar-refractivity contribution in [3.63, 3.8) is 0 Å². The molecule has 5 aromatic rings. The van der Waals surface area contributed by atoms with E-state index < -0.39 is 0 Å². The zero-order valence-electron chi connectivity index (χ0n) is 27.4. The maximum absolute atomic E-state index is 2.53. The summed E-state index contributed by atoms with van der Waals surface area (Å²) in [6, 6.07) is 45.0. The van der Waals surface area contributed by atoms with Gasteiger partial charge in [-0.2, -0.15) is 0 Å². The van der Waals surface area contributed by atoms with Crippen molar-refractivity contribution < 1.29 is 0 Å². The Bertz CT molecular complexity index is 2040. The summed E-state index contributed by atoms with van der Waals surface area (Å²) in [4.78, 5) is 2.30. The molecule has 0 heterocycles. The molecular formula is C46H41N. The number of fused-ring (bicyclic) bond motifs is 1. The molecule has 47 heavy (non-hydrogen) atoms. The predicted molar refractivity (Wildman–Crippen MR) is 201 cm³/mol. The van der Waals surface area contributed by atoms with Crippen LogP contribution >= 0.6 is 0 Å². The number of hydrogen-bond acceptors (Lipinski definition) is 1. The van der Waals surface area contributed by atoms with Gasteiger partial charge in [0.05, 0.1) is 0 Å². The number of allylic oxidation sites excluding steroid dienone is 8. The third-order valence-electron chi connectivity index (χ3n) is 10.4. The van der Waals surface area contributed by atoms with Gasteiger partial charge in [-0.05, 0) is 124 Å². The predicted octanol–water partition coefficient (Wildman–Crippen LogP) is 11.7. The molecule has 8 rings (SSSR count). The monoisotopic (exact) mass is 607 g/mol. The minimum absolute atomic E-state index is 0.426. The molecule has 5 aromatic carbocycles. The molecule has 0 bridgehead atoms. The molecule has 3 aliphatic carbocycles. The highest BCUT2D eigenvalue weighted by molar-refractivity contribution is 5.87. The van der Waals surface area contributed by atoms with Gasteiger partial charge < -0.3 is 4.90 Å². The first-order valence-corrected chi connectivity index (χ1v) is 17.1. The molecular weight excluding hydrogens is 567 g/mol. The fourth-order valence-corrected chi connectivity index (χ4v) is 7.42. The maximum Gasteiger partial charge on any atom is 0.0414 e. The van der Waals surface area contributed by atoms with Gasteiger partial charge in [-0.3, -0.25) is 0 Å². The minimum Gasteiger partial charge on any atom is -0.345 e. The van der Waals surface area contributed by atoms with Crippen LogP contribution in [0.25, 0.3) is 27.8 Å². The van der Waals surface area contributed by atoms with E-state index in [1.54, 1.807) is 0 Å². The van der Waals surface area contributed by atoms with Crippen LogP contribution < -0.4 is 4.90 Å². The second kappa shape index (κ2) is 12.6. The van der Waals surface area contributed by atoms with E-state index in [2.05, 4.69) is 171 Å². The first kappa shape index (κ1) is 29.3. The molecule has 3 aliphatic rings. The molecule has 0 radical (unpaired) electrons. The maximum atomic E-state index is 2.53. The summed E-state index contributed by atoms with van der Waals surface area (Å²) in [7, 11) is 2.17. The van der Waals surface area contributed by atoms with Gasteiger partial charge >= 0.3 is 0 Å². The van der Waals surface area contributed by atoms with Crippen LogP contribution in [0.15, 0.2) is 152 Å². The van der Waals surface area contributed by atoms with E-state index >= 15 is 0 Å². The second-order valence-electron chi connectivity index (χ2n) is 13.5. The lowest BCUT2D eigenvalue weighted by atomic mass is 9.74. The number of benzene rings is 5. The summed E-state index contributed by atoms with van der Waals surface area (Å²) in [6.07, 6.45) is 16.5. The second-order valence-corrected chi connectivity index (χ2v) is 13.5. The van der Waals surface area contributed by atoms with Crippen molar-refractivity contribution in [3.8, 4) is 11.1 Å². The van der Waals surface area contributed by atoms with E-state index in [0.717, 1.165) is 12.8 Å². The van der Waals surface area contributed by atoms with E-state index in [4.69, 9.17) is 0 Å².